The van der Waals surface area contributed by atoms with Crippen LogP contribution in [0, 0.1) is 5.92 Å². The summed E-state index contributed by atoms with van der Waals surface area (Å²) in [5.74, 6) is 0.288. The normalized spacial score (nSPS) is 17.9. The SMILES string of the molecule is CCCCC(NC(N)=O)C(=O)NC(CN)C1CCCCC1.Cl. The third kappa shape index (κ3) is 7.31. The third-order valence-electron chi connectivity index (χ3n) is 4.28. The highest BCUT2D eigenvalue weighted by atomic mass is 35.5. The van der Waals surface area contributed by atoms with Gasteiger partial charge in [0.25, 0.3) is 0 Å². The highest BCUT2D eigenvalue weighted by Crippen LogP contribution is 2.26. The number of halogens is 1. The first kappa shape index (κ1) is 21.0. The molecule has 6 N–H and O–H groups in total. The lowest BCUT2D eigenvalue weighted by Gasteiger charge is -2.31. The molecule has 1 aliphatic carbocycles. The second kappa shape index (κ2) is 11.5. The zero-order valence-electron chi connectivity index (χ0n) is 13.5. The van der Waals surface area contributed by atoms with Gasteiger partial charge in [0.1, 0.15) is 6.04 Å². The summed E-state index contributed by atoms with van der Waals surface area (Å²) in [4.78, 5) is 23.4. The molecule has 22 heavy (non-hydrogen) atoms. The van der Waals surface area contributed by atoms with Gasteiger partial charge in [0.2, 0.25) is 5.91 Å². The van der Waals surface area contributed by atoms with Crippen molar-refractivity contribution in [1.29, 1.82) is 0 Å². The number of carbonyl (C=O) groups excluding carboxylic acids is 2. The molecule has 3 amide bonds. The van der Waals surface area contributed by atoms with Crippen molar-refractivity contribution in [2.45, 2.75) is 70.4 Å². The minimum Gasteiger partial charge on any atom is -0.352 e. The highest BCUT2D eigenvalue weighted by molar-refractivity contribution is 5.86. The van der Waals surface area contributed by atoms with E-state index in [-0.39, 0.29) is 24.4 Å². The number of nitrogens with one attached hydrogen (secondary N) is 2. The molecule has 0 heterocycles. The molecule has 1 rings (SSSR count). The van der Waals surface area contributed by atoms with Crippen molar-refractivity contribution in [3.05, 3.63) is 0 Å². The van der Waals surface area contributed by atoms with Crippen molar-refractivity contribution in [1.82, 2.24) is 10.6 Å². The molecule has 0 aromatic carbocycles. The van der Waals surface area contributed by atoms with E-state index in [0.717, 1.165) is 25.7 Å². The first-order valence-electron chi connectivity index (χ1n) is 8.14. The Labute approximate surface area is 139 Å². The van der Waals surface area contributed by atoms with Gasteiger partial charge in [-0.1, -0.05) is 39.0 Å². The highest BCUT2D eigenvalue weighted by Gasteiger charge is 2.27. The predicted molar refractivity (Wildman–Crippen MR) is 90.8 cm³/mol. The Morgan fingerprint density at radius 2 is 1.82 bits per heavy atom. The minimum atomic E-state index is -0.659. The zero-order valence-corrected chi connectivity index (χ0v) is 14.3. The molecular formula is C15H31ClN4O2. The summed E-state index contributed by atoms with van der Waals surface area (Å²) in [5, 5.41) is 5.55. The first-order chi connectivity index (χ1) is 10.1. The number of carbonyl (C=O) groups is 2. The van der Waals surface area contributed by atoms with Gasteiger partial charge in [-0.05, 0) is 25.2 Å². The Balaban J connectivity index is 0.00000441. The van der Waals surface area contributed by atoms with Crippen LogP contribution < -0.4 is 22.1 Å². The number of unbranched alkanes of at least 4 members (excludes halogenated alkanes) is 1. The molecule has 0 spiro atoms. The van der Waals surface area contributed by atoms with Gasteiger partial charge in [0.05, 0.1) is 0 Å². The summed E-state index contributed by atoms with van der Waals surface area (Å²) in [7, 11) is 0. The molecule has 0 aromatic heterocycles. The number of primary amides is 1. The minimum absolute atomic E-state index is 0. The van der Waals surface area contributed by atoms with Crippen LogP contribution in [-0.4, -0.2) is 30.6 Å². The van der Waals surface area contributed by atoms with Gasteiger partial charge >= 0.3 is 6.03 Å². The van der Waals surface area contributed by atoms with Gasteiger partial charge in [0.15, 0.2) is 0 Å². The summed E-state index contributed by atoms with van der Waals surface area (Å²) < 4.78 is 0. The van der Waals surface area contributed by atoms with Crippen LogP contribution in [0.25, 0.3) is 0 Å². The summed E-state index contributed by atoms with van der Waals surface area (Å²) >= 11 is 0. The fourth-order valence-corrected chi connectivity index (χ4v) is 3.04. The van der Waals surface area contributed by atoms with Crippen LogP contribution in [0.2, 0.25) is 0 Å². The Morgan fingerprint density at radius 3 is 2.32 bits per heavy atom. The van der Waals surface area contributed by atoms with Gasteiger partial charge in [-0.3, -0.25) is 4.79 Å². The van der Waals surface area contributed by atoms with Crippen molar-refractivity contribution in [2.24, 2.45) is 17.4 Å². The number of hydrogen-bond donors (Lipinski definition) is 4. The molecule has 1 fully saturated rings. The monoisotopic (exact) mass is 334 g/mol. The Morgan fingerprint density at radius 1 is 1.18 bits per heavy atom. The van der Waals surface area contributed by atoms with Crippen LogP contribution in [0.1, 0.15) is 58.3 Å². The van der Waals surface area contributed by atoms with E-state index in [1.54, 1.807) is 0 Å². The molecular weight excluding hydrogens is 304 g/mol. The third-order valence-corrected chi connectivity index (χ3v) is 4.28. The summed E-state index contributed by atoms with van der Waals surface area (Å²) in [5.41, 5.74) is 11.0. The van der Waals surface area contributed by atoms with Gasteiger partial charge in [-0.15, -0.1) is 12.4 Å². The molecule has 2 atom stereocenters. The van der Waals surface area contributed by atoms with E-state index in [9.17, 15) is 9.59 Å². The van der Waals surface area contributed by atoms with Crippen molar-refractivity contribution < 1.29 is 9.59 Å². The van der Waals surface area contributed by atoms with Gasteiger partial charge in [-0.25, -0.2) is 4.79 Å². The molecule has 0 bridgehead atoms. The van der Waals surface area contributed by atoms with E-state index in [4.69, 9.17) is 11.5 Å². The molecule has 1 aliphatic rings. The quantitative estimate of drug-likeness (QED) is 0.541. The maximum absolute atomic E-state index is 12.4. The second-order valence-corrected chi connectivity index (χ2v) is 5.95. The molecule has 0 saturated heterocycles. The zero-order chi connectivity index (χ0) is 15.7. The molecule has 1 saturated carbocycles. The van der Waals surface area contributed by atoms with Crippen molar-refractivity contribution in [3.8, 4) is 0 Å². The summed E-state index contributed by atoms with van der Waals surface area (Å²) in [6.45, 7) is 2.48. The number of amides is 3. The number of urea groups is 1. The van der Waals surface area contributed by atoms with Crippen LogP contribution in [-0.2, 0) is 4.79 Å². The molecule has 6 nitrogen and oxygen atoms in total. The van der Waals surface area contributed by atoms with Crippen LogP contribution in [0.5, 0.6) is 0 Å². The topological polar surface area (TPSA) is 110 Å². The molecule has 2 unspecified atom stereocenters. The largest absolute Gasteiger partial charge is 0.352 e. The molecule has 0 aliphatic heterocycles. The maximum atomic E-state index is 12.4. The van der Waals surface area contributed by atoms with E-state index in [2.05, 4.69) is 10.6 Å². The van der Waals surface area contributed by atoms with E-state index < -0.39 is 12.1 Å². The lowest BCUT2D eigenvalue weighted by Crippen LogP contribution is -2.54. The van der Waals surface area contributed by atoms with E-state index in [1.165, 1.54) is 19.3 Å². The lowest BCUT2D eigenvalue weighted by atomic mass is 9.83. The number of nitrogens with two attached hydrogens (primary N) is 2. The van der Waals surface area contributed by atoms with E-state index >= 15 is 0 Å². The van der Waals surface area contributed by atoms with Gasteiger partial charge < -0.3 is 22.1 Å². The van der Waals surface area contributed by atoms with Gasteiger partial charge in [-0.2, -0.15) is 0 Å². The Bertz CT molecular complexity index is 336. The molecule has 0 aromatic rings. The average Bonchev–Trinajstić information content (AvgIpc) is 2.49. The van der Waals surface area contributed by atoms with E-state index in [1.807, 2.05) is 6.92 Å². The molecule has 0 radical (unpaired) electrons. The smallest absolute Gasteiger partial charge is 0.312 e. The molecule has 7 heteroatoms. The van der Waals surface area contributed by atoms with Crippen LogP contribution in [0.15, 0.2) is 0 Å². The van der Waals surface area contributed by atoms with Gasteiger partial charge in [0, 0.05) is 12.6 Å². The van der Waals surface area contributed by atoms with E-state index in [0.29, 0.717) is 18.9 Å². The van der Waals surface area contributed by atoms with Crippen LogP contribution >= 0.6 is 12.4 Å². The van der Waals surface area contributed by atoms with Crippen molar-refractivity contribution in [2.75, 3.05) is 6.54 Å². The van der Waals surface area contributed by atoms with Crippen molar-refractivity contribution >= 4 is 24.3 Å². The Hall–Kier alpha value is -1.01. The fraction of sp³-hybridized carbons (Fsp3) is 0.867. The predicted octanol–water partition coefficient (Wildman–Crippen LogP) is 1.66. The standard InChI is InChI=1S/C15H30N4O2.ClH/c1-2-3-9-12(19-15(17)21)14(20)18-13(10-16)11-7-5-4-6-8-11;/h11-13H,2-10,16H2,1H3,(H,18,20)(H3,17,19,21);1H. The van der Waals surface area contributed by atoms with Crippen molar-refractivity contribution in [3.63, 3.8) is 0 Å². The molecule has 130 valence electrons. The maximum Gasteiger partial charge on any atom is 0.312 e. The Kier molecular flexibility index (Phi) is 11.0. The second-order valence-electron chi connectivity index (χ2n) is 5.95. The fourth-order valence-electron chi connectivity index (χ4n) is 3.04. The lowest BCUT2D eigenvalue weighted by molar-refractivity contribution is -0.124. The summed E-state index contributed by atoms with van der Waals surface area (Å²) in [6, 6.07) is -1.22. The average molecular weight is 335 g/mol. The first-order valence-corrected chi connectivity index (χ1v) is 8.14. The number of rotatable bonds is 8. The van der Waals surface area contributed by atoms with Crippen LogP contribution in [0.3, 0.4) is 0 Å². The number of hydrogen-bond acceptors (Lipinski definition) is 3. The summed E-state index contributed by atoms with van der Waals surface area (Å²) in [6.07, 6.45) is 8.35. The van der Waals surface area contributed by atoms with Crippen LogP contribution in [0.4, 0.5) is 4.79 Å².